The van der Waals surface area contributed by atoms with Gasteiger partial charge in [-0.3, -0.25) is 14.9 Å². The number of primary amides is 1. The number of nitro benzene ring substituents is 1. The molecule has 0 atom stereocenters. The molecule has 0 saturated heterocycles. The van der Waals surface area contributed by atoms with Crippen molar-refractivity contribution < 1.29 is 9.72 Å². The summed E-state index contributed by atoms with van der Waals surface area (Å²) in [6.45, 7) is 2.45. The van der Waals surface area contributed by atoms with Gasteiger partial charge in [0.05, 0.1) is 4.92 Å². The van der Waals surface area contributed by atoms with Crippen LogP contribution in [0.5, 0.6) is 0 Å². The van der Waals surface area contributed by atoms with Gasteiger partial charge in [-0.05, 0) is 24.6 Å². The number of rotatable bonds is 5. The van der Waals surface area contributed by atoms with Gasteiger partial charge in [-0.2, -0.15) is 0 Å². The molecule has 0 saturated carbocycles. The number of nitrogens with zero attached hydrogens (tertiary/aromatic N) is 1. The van der Waals surface area contributed by atoms with E-state index in [2.05, 4.69) is 5.32 Å². The average molecular weight is 285 g/mol. The second-order valence-electron chi connectivity index (χ2n) is 4.69. The molecular formula is C15H15N3O3. The molecular weight excluding hydrogens is 270 g/mol. The molecule has 108 valence electrons. The van der Waals surface area contributed by atoms with Crippen LogP contribution in [0.1, 0.15) is 21.5 Å². The minimum absolute atomic E-state index is 0.114. The van der Waals surface area contributed by atoms with Crippen LogP contribution in [-0.2, 0) is 6.54 Å². The molecule has 21 heavy (non-hydrogen) atoms. The monoisotopic (exact) mass is 285 g/mol. The van der Waals surface area contributed by atoms with Gasteiger partial charge in [-0.1, -0.05) is 29.8 Å². The molecule has 0 aliphatic heterocycles. The number of nitro groups is 1. The lowest BCUT2D eigenvalue weighted by Crippen LogP contribution is -2.12. The first-order chi connectivity index (χ1) is 9.97. The Bertz CT molecular complexity index is 681. The molecule has 0 fully saturated rings. The Kier molecular flexibility index (Phi) is 4.18. The minimum atomic E-state index is -0.691. The van der Waals surface area contributed by atoms with Crippen molar-refractivity contribution in [1.82, 2.24) is 0 Å². The van der Waals surface area contributed by atoms with E-state index in [-0.39, 0.29) is 11.3 Å². The highest BCUT2D eigenvalue weighted by Crippen LogP contribution is 2.26. The largest absolute Gasteiger partial charge is 0.375 e. The summed E-state index contributed by atoms with van der Waals surface area (Å²) in [5, 5.41) is 14.1. The van der Waals surface area contributed by atoms with Gasteiger partial charge in [0, 0.05) is 18.2 Å². The van der Waals surface area contributed by atoms with E-state index in [1.807, 2.05) is 31.2 Å². The van der Waals surface area contributed by atoms with Crippen LogP contribution in [0.15, 0.2) is 42.5 Å². The molecule has 2 rings (SSSR count). The van der Waals surface area contributed by atoms with E-state index in [0.29, 0.717) is 12.2 Å². The lowest BCUT2D eigenvalue weighted by molar-refractivity contribution is -0.384. The molecule has 0 heterocycles. The number of hydrogen-bond donors (Lipinski definition) is 2. The van der Waals surface area contributed by atoms with Crippen molar-refractivity contribution >= 4 is 17.3 Å². The molecule has 6 nitrogen and oxygen atoms in total. The summed E-state index contributed by atoms with van der Waals surface area (Å²) < 4.78 is 0. The first-order valence-corrected chi connectivity index (χ1v) is 6.35. The van der Waals surface area contributed by atoms with Gasteiger partial charge in [0.25, 0.3) is 5.69 Å². The number of carbonyl (C=O) groups is 1. The predicted octanol–water partition coefficient (Wildman–Crippen LogP) is 2.61. The molecule has 0 unspecified atom stereocenters. The lowest BCUT2D eigenvalue weighted by Gasteiger charge is -2.08. The third kappa shape index (κ3) is 3.56. The topological polar surface area (TPSA) is 98.3 Å². The fraction of sp³-hybridized carbons (Fsp3) is 0.133. The fourth-order valence-electron chi connectivity index (χ4n) is 1.89. The van der Waals surface area contributed by atoms with Crippen LogP contribution in [0.2, 0.25) is 0 Å². The van der Waals surface area contributed by atoms with Crippen molar-refractivity contribution in [2.75, 3.05) is 5.32 Å². The minimum Gasteiger partial charge on any atom is -0.375 e. The van der Waals surface area contributed by atoms with Crippen molar-refractivity contribution in [2.24, 2.45) is 5.73 Å². The number of aryl methyl sites for hydroxylation is 1. The first kappa shape index (κ1) is 14.5. The van der Waals surface area contributed by atoms with E-state index in [4.69, 9.17) is 5.73 Å². The molecule has 0 aliphatic carbocycles. The van der Waals surface area contributed by atoms with Crippen molar-refractivity contribution in [2.45, 2.75) is 13.5 Å². The number of benzene rings is 2. The second-order valence-corrected chi connectivity index (χ2v) is 4.69. The Balaban J connectivity index is 2.21. The predicted molar refractivity (Wildman–Crippen MR) is 80.1 cm³/mol. The van der Waals surface area contributed by atoms with Crippen LogP contribution in [-0.4, -0.2) is 10.8 Å². The van der Waals surface area contributed by atoms with Crippen molar-refractivity contribution in [3.8, 4) is 0 Å². The van der Waals surface area contributed by atoms with E-state index in [1.165, 1.54) is 18.2 Å². The van der Waals surface area contributed by atoms with E-state index in [9.17, 15) is 14.9 Å². The molecule has 0 bridgehead atoms. The molecule has 3 N–H and O–H groups in total. The van der Waals surface area contributed by atoms with Gasteiger partial charge in [0.15, 0.2) is 0 Å². The van der Waals surface area contributed by atoms with E-state index in [0.717, 1.165) is 11.1 Å². The van der Waals surface area contributed by atoms with E-state index in [1.54, 1.807) is 0 Å². The summed E-state index contributed by atoms with van der Waals surface area (Å²) in [6.07, 6.45) is 0. The highest BCUT2D eigenvalue weighted by Gasteiger charge is 2.16. The standard InChI is InChI=1S/C15H15N3O3/c1-10-2-4-11(5-3-10)9-17-13-7-6-12(15(16)19)8-14(13)18(20)21/h2-8,17H,9H2,1H3,(H2,16,19). The van der Waals surface area contributed by atoms with Crippen molar-refractivity contribution in [1.29, 1.82) is 0 Å². The van der Waals surface area contributed by atoms with Gasteiger partial charge < -0.3 is 11.1 Å². The third-order valence-corrected chi connectivity index (χ3v) is 3.08. The van der Waals surface area contributed by atoms with Crippen LogP contribution < -0.4 is 11.1 Å². The Morgan fingerprint density at radius 2 is 1.90 bits per heavy atom. The maximum absolute atomic E-state index is 11.1. The molecule has 6 heteroatoms. The summed E-state index contributed by atoms with van der Waals surface area (Å²) in [5.41, 5.74) is 7.58. The summed E-state index contributed by atoms with van der Waals surface area (Å²) in [6, 6.07) is 12.0. The summed E-state index contributed by atoms with van der Waals surface area (Å²) in [5.74, 6) is -0.691. The Morgan fingerprint density at radius 1 is 1.24 bits per heavy atom. The van der Waals surface area contributed by atoms with Crippen LogP contribution >= 0.6 is 0 Å². The number of amides is 1. The van der Waals surface area contributed by atoms with E-state index < -0.39 is 10.8 Å². The average Bonchev–Trinajstić information content (AvgIpc) is 2.46. The molecule has 0 aromatic heterocycles. The highest BCUT2D eigenvalue weighted by molar-refractivity contribution is 5.94. The molecule has 2 aromatic carbocycles. The quantitative estimate of drug-likeness (QED) is 0.651. The number of hydrogen-bond acceptors (Lipinski definition) is 4. The molecule has 0 radical (unpaired) electrons. The summed E-state index contributed by atoms with van der Waals surface area (Å²) in [7, 11) is 0. The van der Waals surface area contributed by atoms with Gasteiger partial charge in [-0.15, -0.1) is 0 Å². The van der Waals surface area contributed by atoms with Crippen LogP contribution in [0.4, 0.5) is 11.4 Å². The zero-order valence-electron chi connectivity index (χ0n) is 11.5. The first-order valence-electron chi connectivity index (χ1n) is 6.35. The lowest BCUT2D eigenvalue weighted by atomic mass is 10.1. The van der Waals surface area contributed by atoms with Crippen molar-refractivity contribution in [3.63, 3.8) is 0 Å². The normalized spacial score (nSPS) is 10.1. The number of nitrogens with one attached hydrogen (secondary N) is 1. The molecule has 1 amide bonds. The van der Waals surface area contributed by atoms with Crippen LogP contribution in [0, 0.1) is 17.0 Å². The Labute approximate surface area is 121 Å². The SMILES string of the molecule is Cc1ccc(CNc2ccc(C(N)=O)cc2[N+](=O)[O-])cc1. The van der Waals surface area contributed by atoms with Crippen molar-refractivity contribution in [3.05, 3.63) is 69.3 Å². The summed E-state index contributed by atoms with van der Waals surface area (Å²) in [4.78, 5) is 21.6. The maximum Gasteiger partial charge on any atom is 0.293 e. The zero-order chi connectivity index (χ0) is 15.4. The van der Waals surface area contributed by atoms with E-state index >= 15 is 0 Å². The number of nitrogens with two attached hydrogens (primary N) is 1. The number of carbonyl (C=O) groups excluding carboxylic acids is 1. The van der Waals surface area contributed by atoms with Gasteiger partial charge >= 0.3 is 0 Å². The fourth-order valence-corrected chi connectivity index (χ4v) is 1.89. The number of anilines is 1. The second kappa shape index (κ2) is 6.04. The highest BCUT2D eigenvalue weighted by atomic mass is 16.6. The molecule has 0 aliphatic rings. The zero-order valence-corrected chi connectivity index (χ0v) is 11.5. The summed E-state index contributed by atoms with van der Waals surface area (Å²) >= 11 is 0. The van der Waals surface area contributed by atoms with Gasteiger partial charge in [-0.25, -0.2) is 0 Å². The van der Waals surface area contributed by atoms with Gasteiger partial charge in [0.1, 0.15) is 5.69 Å². The Hall–Kier alpha value is -2.89. The third-order valence-electron chi connectivity index (χ3n) is 3.08. The maximum atomic E-state index is 11.1. The smallest absolute Gasteiger partial charge is 0.293 e. The van der Waals surface area contributed by atoms with Gasteiger partial charge in [0.2, 0.25) is 5.91 Å². The van der Waals surface area contributed by atoms with Crippen LogP contribution in [0.3, 0.4) is 0 Å². The molecule has 0 spiro atoms. The Morgan fingerprint density at radius 3 is 2.48 bits per heavy atom. The van der Waals surface area contributed by atoms with Crippen LogP contribution in [0.25, 0.3) is 0 Å². The molecule has 2 aromatic rings.